The van der Waals surface area contributed by atoms with Crippen molar-refractivity contribution in [1.29, 1.82) is 0 Å². The number of pyridine rings is 1. The fraction of sp³-hybridized carbons (Fsp3) is 0.500. The summed E-state index contributed by atoms with van der Waals surface area (Å²) < 4.78 is 0. The molecule has 0 aromatic carbocycles. The molecule has 18 heavy (non-hydrogen) atoms. The van der Waals surface area contributed by atoms with E-state index in [1.807, 2.05) is 6.07 Å². The number of aromatic nitrogens is 1. The molecule has 1 heterocycles. The van der Waals surface area contributed by atoms with Gasteiger partial charge in [0.05, 0.1) is 0 Å². The number of rotatable bonds is 5. The number of aliphatic imine (C=N–C) groups is 1. The van der Waals surface area contributed by atoms with Gasteiger partial charge in [-0.15, -0.1) is 24.0 Å². The lowest BCUT2D eigenvalue weighted by Gasteiger charge is -2.11. The molecule has 102 valence electrons. The van der Waals surface area contributed by atoms with Crippen molar-refractivity contribution in [1.82, 2.24) is 15.6 Å². The first-order valence-corrected chi connectivity index (χ1v) is 6.19. The molecule has 0 aliphatic heterocycles. The number of hydrogen-bond donors (Lipinski definition) is 2. The Kier molecular flexibility index (Phi) is 10.0. The van der Waals surface area contributed by atoms with E-state index in [-0.39, 0.29) is 24.0 Å². The van der Waals surface area contributed by atoms with Gasteiger partial charge in [-0.25, -0.2) is 4.98 Å². The molecule has 0 aliphatic rings. The van der Waals surface area contributed by atoms with Crippen molar-refractivity contribution in [3.8, 4) is 0 Å². The number of nitrogens with one attached hydrogen (secondary N) is 2. The molecule has 1 aromatic heterocycles. The lowest BCUT2D eigenvalue weighted by atomic mass is 10.3. The maximum atomic E-state index is 5.72. The molecule has 0 atom stereocenters. The first-order valence-electron chi connectivity index (χ1n) is 5.81. The summed E-state index contributed by atoms with van der Waals surface area (Å²) in [6.45, 7) is 3.79. The Labute approximate surface area is 131 Å². The van der Waals surface area contributed by atoms with Crippen LogP contribution >= 0.6 is 35.6 Å². The molecule has 1 rings (SSSR count). The normalized spacial score (nSPS) is 10.7. The van der Waals surface area contributed by atoms with Gasteiger partial charge in [0.2, 0.25) is 0 Å². The summed E-state index contributed by atoms with van der Waals surface area (Å²) in [5, 5.41) is 6.98. The zero-order valence-corrected chi connectivity index (χ0v) is 13.8. The third-order valence-electron chi connectivity index (χ3n) is 2.29. The van der Waals surface area contributed by atoms with Crippen LogP contribution < -0.4 is 10.6 Å². The van der Waals surface area contributed by atoms with Crippen molar-refractivity contribution in [3.05, 3.63) is 29.0 Å². The monoisotopic (exact) mass is 382 g/mol. The minimum Gasteiger partial charge on any atom is -0.356 e. The largest absolute Gasteiger partial charge is 0.356 e. The molecule has 0 amide bonds. The van der Waals surface area contributed by atoms with E-state index in [0.29, 0.717) is 11.7 Å². The Bertz CT molecular complexity index is 354. The summed E-state index contributed by atoms with van der Waals surface area (Å²) >= 11 is 5.72. The Morgan fingerprint density at radius 1 is 1.39 bits per heavy atom. The third kappa shape index (κ3) is 7.00. The van der Waals surface area contributed by atoms with Gasteiger partial charge >= 0.3 is 0 Å². The highest BCUT2D eigenvalue weighted by Gasteiger charge is 1.98. The van der Waals surface area contributed by atoms with Crippen molar-refractivity contribution < 1.29 is 0 Å². The SMILES string of the molecule is CCCCNC(=NC)NCc1ccc(Cl)nc1.I. The average molecular weight is 383 g/mol. The van der Waals surface area contributed by atoms with Crippen LogP contribution in [0.5, 0.6) is 0 Å². The molecule has 0 saturated heterocycles. The van der Waals surface area contributed by atoms with Crippen molar-refractivity contribution in [3.63, 3.8) is 0 Å². The summed E-state index contributed by atoms with van der Waals surface area (Å²) in [6.07, 6.45) is 4.07. The van der Waals surface area contributed by atoms with E-state index in [4.69, 9.17) is 11.6 Å². The zero-order valence-electron chi connectivity index (χ0n) is 10.7. The maximum absolute atomic E-state index is 5.72. The zero-order chi connectivity index (χ0) is 12.5. The average Bonchev–Trinajstić information content (AvgIpc) is 2.35. The van der Waals surface area contributed by atoms with Crippen molar-refractivity contribution in [2.24, 2.45) is 4.99 Å². The molecule has 1 aromatic rings. The van der Waals surface area contributed by atoms with Crippen LogP contribution in [0, 0.1) is 0 Å². The molecule has 0 radical (unpaired) electrons. The summed E-state index contributed by atoms with van der Waals surface area (Å²) in [5.74, 6) is 0.813. The van der Waals surface area contributed by atoms with Gasteiger partial charge in [0.1, 0.15) is 5.15 Å². The molecule has 0 aliphatic carbocycles. The molecule has 0 spiro atoms. The van der Waals surface area contributed by atoms with E-state index in [0.717, 1.165) is 24.5 Å². The van der Waals surface area contributed by atoms with Crippen molar-refractivity contribution in [2.75, 3.05) is 13.6 Å². The highest BCUT2D eigenvalue weighted by atomic mass is 127. The van der Waals surface area contributed by atoms with Crippen LogP contribution in [0.3, 0.4) is 0 Å². The van der Waals surface area contributed by atoms with Gasteiger partial charge in [0, 0.05) is 26.3 Å². The van der Waals surface area contributed by atoms with Crippen molar-refractivity contribution >= 4 is 41.5 Å². The number of halogens is 2. The minimum atomic E-state index is 0. The van der Waals surface area contributed by atoms with Gasteiger partial charge in [0.25, 0.3) is 0 Å². The van der Waals surface area contributed by atoms with E-state index < -0.39 is 0 Å². The molecule has 4 nitrogen and oxygen atoms in total. The molecule has 0 saturated carbocycles. The second-order valence-electron chi connectivity index (χ2n) is 3.70. The van der Waals surface area contributed by atoms with E-state index in [2.05, 4.69) is 27.5 Å². The van der Waals surface area contributed by atoms with Gasteiger partial charge in [-0.05, 0) is 18.1 Å². The van der Waals surface area contributed by atoms with Crippen LogP contribution in [0.15, 0.2) is 23.3 Å². The van der Waals surface area contributed by atoms with Crippen LogP contribution in [0.25, 0.3) is 0 Å². The van der Waals surface area contributed by atoms with Crippen LogP contribution in [0.4, 0.5) is 0 Å². The molecule has 0 fully saturated rings. The van der Waals surface area contributed by atoms with Gasteiger partial charge in [0.15, 0.2) is 5.96 Å². The number of guanidine groups is 1. The van der Waals surface area contributed by atoms with Crippen LogP contribution in [-0.4, -0.2) is 24.5 Å². The van der Waals surface area contributed by atoms with E-state index in [9.17, 15) is 0 Å². The fourth-order valence-corrected chi connectivity index (χ4v) is 1.41. The number of nitrogens with zero attached hydrogens (tertiary/aromatic N) is 2. The first-order chi connectivity index (χ1) is 8.26. The minimum absolute atomic E-state index is 0. The summed E-state index contributed by atoms with van der Waals surface area (Å²) in [6, 6.07) is 3.73. The summed E-state index contributed by atoms with van der Waals surface area (Å²) in [7, 11) is 1.77. The predicted octanol–water partition coefficient (Wildman–Crippen LogP) is 2.82. The molecule has 0 bridgehead atoms. The maximum Gasteiger partial charge on any atom is 0.191 e. The van der Waals surface area contributed by atoms with E-state index in [1.165, 1.54) is 6.42 Å². The van der Waals surface area contributed by atoms with Crippen molar-refractivity contribution in [2.45, 2.75) is 26.3 Å². The third-order valence-corrected chi connectivity index (χ3v) is 2.52. The smallest absolute Gasteiger partial charge is 0.191 e. The van der Waals surface area contributed by atoms with Gasteiger partial charge in [-0.3, -0.25) is 4.99 Å². The lowest BCUT2D eigenvalue weighted by Crippen LogP contribution is -2.37. The lowest BCUT2D eigenvalue weighted by molar-refractivity contribution is 0.728. The standard InChI is InChI=1S/C12H19ClN4.HI/c1-3-4-7-15-12(14-2)17-9-10-5-6-11(13)16-8-10;/h5-6,8H,3-4,7,9H2,1-2H3,(H2,14,15,17);1H. The Balaban J connectivity index is 0.00000289. The highest BCUT2D eigenvalue weighted by Crippen LogP contribution is 2.04. The Hall–Kier alpha value is -0.560. The summed E-state index contributed by atoms with van der Waals surface area (Å²) in [5.41, 5.74) is 1.08. The predicted molar refractivity (Wildman–Crippen MR) is 87.8 cm³/mol. The Morgan fingerprint density at radius 3 is 2.72 bits per heavy atom. The second-order valence-corrected chi connectivity index (χ2v) is 4.08. The van der Waals surface area contributed by atoms with Gasteiger partial charge in [-0.1, -0.05) is 31.0 Å². The van der Waals surface area contributed by atoms with Gasteiger partial charge in [-0.2, -0.15) is 0 Å². The first kappa shape index (κ1) is 17.4. The quantitative estimate of drug-likeness (QED) is 0.271. The number of unbranched alkanes of at least 4 members (excludes halogenated alkanes) is 1. The van der Waals surface area contributed by atoms with E-state index >= 15 is 0 Å². The summed E-state index contributed by atoms with van der Waals surface area (Å²) in [4.78, 5) is 8.16. The van der Waals surface area contributed by atoms with E-state index in [1.54, 1.807) is 19.3 Å². The second kappa shape index (κ2) is 10.4. The Morgan fingerprint density at radius 2 is 2.17 bits per heavy atom. The molecule has 6 heteroatoms. The van der Waals surface area contributed by atoms with Crippen LogP contribution in [-0.2, 0) is 6.54 Å². The number of hydrogen-bond acceptors (Lipinski definition) is 2. The van der Waals surface area contributed by atoms with Crippen LogP contribution in [0.2, 0.25) is 5.15 Å². The van der Waals surface area contributed by atoms with Crippen LogP contribution in [0.1, 0.15) is 25.3 Å². The molecular formula is C12H20ClIN4. The molecular weight excluding hydrogens is 363 g/mol. The topological polar surface area (TPSA) is 49.3 Å². The van der Waals surface area contributed by atoms with Gasteiger partial charge < -0.3 is 10.6 Å². The highest BCUT2D eigenvalue weighted by molar-refractivity contribution is 14.0. The molecule has 2 N–H and O–H groups in total. The molecule has 0 unspecified atom stereocenters. The fourth-order valence-electron chi connectivity index (χ4n) is 1.30.